The zero-order chi connectivity index (χ0) is 46.0. The Morgan fingerprint density at radius 2 is 0.852 bits per heavy atom. The third kappa shape index (κ3) is 41.5. The molecule has 1 N–H and O–H groups in total. The molecule has 0 aliphatic rings. The molecule has 0 radical (unpaired) electrons. The fraction of sp³-hybridized carbons (Fsp3) is 0.887. The molecule has 8 nitrogen and oxygen atoms in total. The van der Waals surface area contributed by atoms with Gasteiger partial charge in [-0.2, -0.15) is 0 Å². The Balaban J connectivity index is -0.000000872. The van der Waals surface area contributed by atoms with Gasteiger partial charge in [0.2, 0.25) is 10.9 Å². The lowest BCUT2D eigenvalue weighted by atomic mass is 9.92. The summed E-state index contributed by atoms with van der Waals surface area (Å²) in [4.78, 5) is 45.6. The molecule has 362 valence electrons. The maximum atomic E-state index is 11.5. The summed E-state index contributed by atoms with van der Waals surface area (Å²) in [6.45, 7) is 25.8. The molecular weight excluding hydrogens is 761 g/mol. The van der Waals surface area contributed by atoms with Crippen molar-refractivity contribution in [3.8, 4) is 0 Å². The molecule has 1 aromatic rings. The highest BCUT2D eigenvalue weighted by Crippen LogP contribution is 2.21. The molecule has 1 aromatic carbocycles. The van der Waals surface area contributed by atoms with Crippen LogP contribution >= 0.6 is 0 Å². The molecule has 8 heteroatoms. The highest BCUT2D eigenvalue weighted by molar-refractivity contribution is 5.55. The number of hydrogen-bond acceptors (Lipinski definition) is 8. The van der Waals surface area contributed by atoms with Gasteiger partial charge < -0.3 is 19.7 Å². The van der Waals surface area contributed by atoms with Gasteiger partial charge in [-0.3, -0.25) is 19.2 Å². The number of anilines is 1. The second-order valence-corrected chi connectivity index (χ2v) is 17.2. The lowest BCUT2D eigenvalue weighted by molar-refractivity contribution is -0.130. The molecule has 0 saturated carbocycles. The minimum Gasteiger partial charge on any atom is -0.468 e. The predicted octanol–water partition coefficient (Wildman–Crippen LogP) is 14.7. The Morgan fingerprint density at radius 1 is 0.475 bits per heavy atom. The van der Waals surface area contributed by atoms with Crippen molar-refractivity contribution in [1.82, 2.24) is 4.90 Å². The smallest absolute Gasteiger partial charge is 0.293 e. The lowest BCUT2D eigenvalue weighted by Crippen LogP contribution is -2.37. The fourth-order valence-corrected chi connectivity index (χ4v) is 7.74. The van der Waals surface area contributed by atoms with Crippen molar-refractivity contribution in [1.29, 1.82) is 0 Å². The van der Waals surface area contributed by atoms with Gasteiger partial charge >= 0.3 is 0 Å². The minimum absolute atomic E-state index is 0.324. The number of ether oxygens (including phenoxy) is 2. The summed E-state index contributed by atoms with van der Waals surface area (Å²) in [5.74, 6) is 1.35. The fourth-order valence-electron chi connectivity index (χ4n) is 7.74. The summed E-state index contributed by atoms with van der Waals surface area (Å²) in [7, 11) is 0. The molecule has 0 atom stereocenters. The quantitative estimate of drug-likeness (QED) is 0.0394. The molecule has 61 heavy (non-hydrogen) atoms. The number of rotatable bonds is 42. The molecule has 0 fully saturated rings. The van der Waals surface area contributed by atoms with Gasteiger partial charge in [0, 0.05) is 12.1 Å². The first-order valence-corrected chi connectivity index (χ1v) is 26.2. The van der Waals surface area contributed by atoms with Gasteiger partial charge in [0.1, 0.15) is 0 Å². The van der Waals surface area contributed by atoms with Crippen LogP contribution in [-0.4, -0.2) is 57.2 Å². The number of nitrogens with one attached hydrogen (secondary N) is 1. The molecule has 0 amide bonds. The summed E-state index contributed by atoms with van der Waals surface area (Å²) in [6.07, 6.45) is 38.7. The van der Waals surface area contributed by atoms with Gasteiger partial charge in [-0.25, -0.2) is 0 Å². The third-order valence-corrected chi connectivity index (χ3v) is 11.7. The average molecular weight is 865 g/mol. The van der Waals surface area contributed by atoms with Crippen LogP contribution in [0.15, 0.2) is 9.59 Å². The minimum atomic E-state index is -0.339. The van der Waals surface area contributed by atoms with Gasteiger partial charge in [-0.1, -0.05) is 209 Å². The Labute approximate surface area is 378 Å². The Morgan fingerprint density at radius 3 is 1.26 bits per heavy atom. The van der Waals surface area contributed by atoms with Crippen LogP contribution in [0.2, 0.25) is 0 Å². The molecule has 0 bridgehead atoms. The Hall–Kier alpha value is -2.22. The standard InChI is InChI=1S/C24H44N2O2.C14H28O2.C13H26O2.C2H6/c1-4-6-8-10-12-14-18-26(19-15-13-11-9-7-5-2)20-16-17-25-22-21(3)23(27)24(22)28;1-3-5-7-9-14(10-8-6-4-2)11-12-16-13-15;1-3-5-7-9-13(11-15-12-14)10-8-6-4-2;1-2/h25H,4-20H2,1-3H3;13-14H,3-12H2,1-2H3;12-13H,3-11H2,1-2H3;1-2H3. The number of carbonyl (C=O) groups is 2. The first-order chi connectivity index (χ1) is 29.8. The molecule has 0 unspecified atom stereocenters. The van der Waals surface area contributed by atoms with Crippen molar-refractivity contribution < 1.29 is 19.1 Å². The van der Waals surface area contributed by atoms with Gasteiger partial charge in [0.05, 0.1) is 18.9 Å². The molecular formula is C53H104N2O6. The van der Waals surface area contributed by atoms with Crippen LogP contribution in [0.4, 0.5) is 5.69 Å². The van der Waals surface area contributed by atoms with Crippen molar-refractivity contribution in [2.24, 2.45) is 11.8 Å². The van der Waals surface area contributed by atoms with Crippen molar-refractivity contribution in [3.63, 3.8) is 0 Å². The van der Waals surface area contributed by atoms with E-state index in [1.54, 1.807) is 6.92 Å². The molecule has 0 aliphatic heterocycles. The van der Waals surface area contributed by atoms with E-state index in [1.807, 2.05) is 13.8 Å². The van der Waals surface area contributed by atoms with E-state index in [2.05, 4.69) is 51.8 Å². The van der Waals surface area contributed by atoms with Crippen LogP contribution in [0.25, 0.3) is 0 Å². The van der Waals surface area contributed by atoms with Crippen molar-refractivity contribution in [2.75, 3.05) is 44.7 Å². The van der Waals surface area contributed by atoms with Crippen molar-refractivity contribution >= 4 is 18.6 Å². The van der Waals surface area contributed by atoms with Gasteiger partial charge in [0.15, 0.2) is 0 Å². The van der Waals surface area contributed by atoms with Crippen LogP contribution in [-0.2, 0) is 19.1 Å². The van der Waals surface area contributed by atoms with E-state index < -0.39 is 0 Å². The largest absolute Gasteiger partial charge is 0.468 e. The average Bonchev–Trinajstić information content (AvgIpc) is 3.28. The van der Waals surface area contributed by atoms with Crippen LogP contribution in [0.1, 0.15) is 254 Å². The molecule has 0 aromatic heterocycles. The van der Waals surface area contributed by atoms with E-state index in [0.29, 0.717) is 43.3 Å². The van der Waals surface area contributed by atoms with E-state index in [-0.39, 0.29) is 10.9 Å². The van der Waals surface area contributed by atoms with E-state index in [9.17, 15) is 19.2 Å². The van der Waals surface area contributed by atoms with E-state index in [1.165, 1.54) is 193 Å². The SMILES string of the molecule is CC.CCCCCC(CCCCC)CCOC=O.CCCCCC(CCCCC)COC=O.CCCCCCCCN(CCCCCCCC)CCCNc1c(C)c(=O)c1=O. The van der Waals surface area contributed by atoms with Gasteiger partial charge in [-0.15, -0.1) is 0 Å². The van der Waals surface area contributed by atoms with Crippen LogP contribution in [0, 0.1) is 18.8 Å². The highest BCUT2D eigenvalue weighted by atomic mass is 16.5. The lowest BCUT2D eigenvalue weighted by Gasteiger charge is -2.23. The second-order valence-electron chi connectivity index (χ2n) is 17.2. The summed E-state index contributed by atoms with van der Waals surface area (Å²) in [6, 6.07) is 0. The molecule has 0 aliphatic carbocycles. The number of carbonyl (C=O) groups excluding carboxylic acids is 2. The Bertz CT molecular complexity index is 1050. The van der Waals surface area contributed by atoms with E-state index in [4.69, 9.17) is 9.47 Å². The van der Waals surface area contributed by atoms with E-state index >= 15 is 0 Å². The second kappa shape index (κ2) is 52.1. The molecule has 1 rings (SSSR count). The van der Waals surface area contributed by atoms with Crippen LogP contribution in [0.3, 0.4) is 0 Å². The monoisotopic (exact) mass is 865 g/mol. The normalized spacial score (nSPS) is 10.8. The first kappa shape index (κ1) is 63.1. The number of unbranched alkanes of at least 4 members (excludes halogenated alkanes) is 18. The third-order valence-electron chi connectivity index (χ3n) is 11.7. The topological polar surface area (TPSA) is 102 Å². The maximum Gasteiger partial charge on any atom is 0.293 e. The summed E-state index contributed by atoms with van der Waals surface area (Å²) in [5, 5.41) is 3.17. The van der Waals surface area contributed by atoms with E-state index in [0.717, 1.165) is 31.8 Å². The summed E-state index contributed by atoms with van der Waals surface area (Å²) < 4.78 is 9.67. The number of hydrogen-bond donors (Lipinski definition) is 1. The van der Waals surface area contributed by atoms with Gasteiger partial charge in [-0.05, 0) is 76.9 Å². The van der Waals surface area contributed by atoms with Crippen molar-refractivity contribution in [3.05, 3.63) is 26.0 Å². The first-order valence-electron chi connectivity index (χ1n) is 26.2. The maximum absolute atomic E-state index is 11.5. The summed E-state index contributed by atoms with van der Waals surface area (Å²) >= 11 is 0. The Kier molecular flexibility index (Phi) is 53.9. The zero-order valence-electron chi connectivity index (χ0n) is 42.2. The van der Waals surface area contributed by atoms with Gasteiger partial charge in [0.25, 0.3) is 12.9 Å². The zero-order valence-corrected chi connectivity index (χ0v) is 42.2. The van der Waals surface area contributed by atoms with Crippen molar-refractivity contribution in [2.45, 2.75) is 255 Å². The highest BCUT2D eigenvalue weighted by Gasteiger charge is 2.16. The van der Waals surface area contributed by atoms with Crippen LogP contribution < -0.4 is 16.2 Å². The van der Waals surface area contributed by atoms with Crippen LogP contribution in [0.5, 0.6) is 0 Å². The summed E-state index contributed by atoms with van der Waals surface area (Å²) in [5.41, 5.74) is 0.480. The number of nitrogens with zero attached hydrogens (tertiary/aromatic N) is 1. The predicted molar refractivity (Wildman–Crippen MR) is 266 cm³/mol. The molecule has 0 spiro atoms. The molecule has 0 heterocycles. The molecule has 0 saturated heterocycles.